The molecule has 2 rings (SSSR count). The fourth-order valence-corrected chi connectivity index (χ4v) is 2.24. The molecule has 0 fully saturated rings. The lowest BCUT2D eigenvalue weighted by atomic mass is 10.1. The molecule has 0 spiro atoms. The molecule has 0 saturated heterocycles. The van der Waals surface area contributed by atoms with Crippen molar-refractivity contribution >= 4 is 26.9 Å². The summed E-state index contributed by atoms with van der Waals surface area (Å²) in [5, 5.41) is 5.00. The largest absolute Gasteiger partial charge is 0.355 e. The van der Waals surface area contributed by atoms with Crippen molar-refractivity contribution in [1.29, 1.82) is 0 Å². The van der Waals surface area contributed by atoms with Gasteiger partial charge in [0.25, 0.3) is 0 Å². The minimum Gasteiger partial charge on any atom is -0.355 e. The molecule has 1 heterocycles. The first kappa shape index (κ1) is 10.6. The van der Waals surface area contributed by atoms with Gasteiger partial charge in [-0.1, -0.05) is 5.16 Å². The Balaban J connectivity index is 2.55. The quantitative estimate of drug-likeness (QED) is 0.912. The number of aromatic nitrogens is 1. The number of fused-ring (bicyclic) bond motifs is 1. The second kappa shape index (κ2) is 3.94. The van der Waals surface area contributed by atoms with E-state index in [1.54, 1.807) is 0 Å². The van der Waals surface area contributed by atoms with E-state index in [0.29, 0.717) is 0 Å². The van der Waals surface area contributed by atoms with Gasteiger partial charge in [-0.05, 0) is 53.9 Å². The maximum Gasteiger partial charge on any atom is 0.181 e. The van der Waals surface area contributed by atoms with Crippen LogP contribution in [0.3, 0.4) is 0 Å². The number of hydrogen-bond acceptors (Lipinski definition) is 3. The lowest BCUT2D eigenvalue weighted by molar-refractivity contribution is 0.449. The fraction of sp³-hybridized carbons (Fsp3) is 0.364. The summed E-state index contributed by atoms with van der Waals surface area (Å²) < 4.78 is 6.15. The van der Waals surface area contributed by atoms with Crippen LogP contribution in [0.5, 0.6) is 0 Å². The highest BCUT2D eigenvalue weighted by molar-refractivity contribution is 9.10. The van der Waals surface area contributed by atoms with Gasteiger partial charge in [-0.3, -0.25) is 0 Å². The summed E-state index contributed by atoms with van der Waals surface area (Å²) in [4.78, 5) is 0. The Morgan fingerprint density at radius 1 is 1.53 bits per heavy atom. The predicted molar refractivity (Wildman–Crippen MR) is 63.8 cm³/mol. The van der Waals surface area contributed by atoms with E-state index in [-0.39, 0.29) is 6.04 Å². The molecule has 1 aromatic heterocycles. The van der Waals surface area contributed by atoms with Gasteiger partial charge in [0, 0.05) is 11.4 Å². The molecule has 0 aliphatic heterocycles. The lowest BCUT2D eigenvalue weighted by Gasteiger charge is -2.05. The van der Waals surface area contributed by atoms with Crippen molar-refractivity contribution in [3.8, 4) is 0 Å². The molecule has 0 saturated carbocycles. The van der Waals surface area contributed by atoms with E-state index >= 15 is 0 Å². The Labute approximate surface area is 96.7 Å². The molecule has 0 radical (unpaired) electrons. The predicted octanol–water partition coefficient (Wildman–Crippen LogP) is 2.79. The number of nitrogens with two attached hydrogens (primary N) is 1. The van der Waals surface area contributed by atoms with Crippen molar-refractivity contribution in [3.63, 3.8) is 0 Å². The molecule has 15 heavy (non-hydrogen) atoms. The minimum absolute atomic E-state index is 0.162. The van der Waals surface area contributed by atoms with Gasteiger partial charge in [0.15, 0.2) is 5.58 Å². The number of nitrogens with zero attached hydrogens (tertiary/aromatic N) is 1. The zero-order chi connectivity index (χ0) is 11.0. The van der Waals surface area contributed by atoms with Crippen molar-refractivity contribution in [1.82, 2.24) is 5.16 Å². The van der Waals surface area contributed by atoms with Crippen LogP contribution in [0, 0.1) is 6.92 Å². The van der Waals surface area contributed by atoms with Crippen LogP contribution >= 0.6 is 15.9 Å². The van der Waals surface area contributed by atoms with Crippen LogP contribution < -0.4 is 5.73 Å². The number of hydrogen-bond donors (Lipinski definition) is 1. The van der Waals surface area contributed by atoms with Crippen molar-refractivity contribution in [2.75, 3.05) is 0 Å². The van der Waals surface area contributed by atoms with E-state index in [4.69, 9.17) is 10.3 Å². The summed E-state index contributed by atoms with van der Waals surface area (Å²) in [6.07, 6.45) is 0.860. The van der Waals surface area contributed by atoms with E-state index in [9.17, 15) is 0 Å². The van der Waals surface area contributed by atoms with Gasteiger partial charge in [-0.2, -0.15) is 0 Å². The van der Waals surface area contributed by atoms with Crippen molar-refractivity contribution in [2.45, 2.75) is 26.3 Å². The summed E-state index contributed by atoms with van der Waals surface area (Å²) >= 11 is 3.48. The monoisotopic (exact) mass is 268 g/mol. The number of rotatable bonds is 2. The van der Waals surface area contributed by atoms with Gasteiger partial charge in [0.2, 0.25) is 0 Å². The average Bonchev–Trinajstić information content (AvgIpc) is 2.47. The Morgan fingerprint density at radius 3 is 2.93 bits per heavy atom. The third-order valence-corrected chi connectivity index (χ3v) is 2.91. The minimum atomic E-state index is 0.162. The molecule has 0 bridgehead atoms. The van der Waals surface area contributed by atoms with Gasteiger partial charge in [-0.15, -0.1) is 0 Å². The molecule has 0 aliphatic carbocycles. The van der Waals surface area contributed by atoms with Gasteiger partial charge in [0.1, 0.15) is 0 Å². The van der Waals surface area contributed by atoms with Gasteiger partial charge in [-0.25, -0.2) is 0 Å². The maximum atomic E-state index is 5.78. The van der Waals surface area contributed by atoms with Crippen molar-refractivity contribution in [3.05, 3.63) is 27.9 Å². The second-order valence-corrected chi connectivity index (χ2v) is 4.76. The summed E-state index contributed by atoms with van der Waals surface area (Å²) in [5.41, 5.74) is 8.70. The van der Waals surface area contributed by atoms with E-state index < -0.39 is 0 Å². The average molecular weight is 269 g/mol. The highest BCUT2D eigenvalue weighted by Gasteiger charge is 2.10. The SMILES string of the molecule is Cc1noc2c(Br)cc(CC(C)N)cc12. The third kappa shape index (κ3) is 2.06. The Hall–Kier alpha value is -0.870. The first-order valence-corrected chi connectivity index (χ1v) is 5.67. The van der Waals surface area contributed by atoms with Crippen LogP contribution in [0.4, 0.5) is 0 Å². The molecule has 80 valence electrons. The van der Waals surface area contributed by atoms with Crippen molar-refractivity contribution < 1.29 is 4.52 Å². The fourth-order valence-electron chi connectivity index (χ4n) is 1.66. The Kier molecular flexibility index (Phi) is 2.80. The number of aryl methyl sites for hydroxylation is 1. The smallest absolute Gasteiger partial charge is 0.181 e. The summed E-state index contributed by atoms with van der Waals surface area (Å²) in [5.74, 6) is 0. The summed E-state index contributed by atoms with van der Waals surface area (Å²) in [6.45, 7) is 3.94. The van der Waals surface area contributed by atoms with E-state index in [1.165, 1.54) is 5.56 Å². The molecule has 2 N–H and O–H groups in total. The van der Waals surface area contributed by atoms with Gasteiger partial charge in [0.05, 0.1) is 10.2 Å². The molecule has 3 nitrogen and oxygen atoms in total. The number of benzene rings is 1. The molecular weight excluding hydrogens is 256 g/mol. The third-order valence-electron chi connectivity index (χ3n) is 2.32. The molecule has 0 amide bonds. The first-order valence-electron chi connectivity index (χ1n) is 4.88. The maximum absolute atomic E-state index is 5.78. The van der Waals surface area contributed by atoms with E-state index in [1.807, 2.05) is 19.9 Å². The molecule has 1 unspecified atom stereocenters. The molecule has 1 aromatic carbocycles. The molecule has 0 aliphatic rings. The number of halogens is 1. The van der Waals surface area contributed by atoms with Crippen LogP contribution in [0.1, 0.15) is 18.2 Å². The van der Waals surface area contributed by atoms with Crippen LogP contribution in [-0.4, -0.2) is 11.2 Å². The van der Waals surface area contributed by atoms with Gasteiger partial charge < -0.3 is 10.3 Å². The van der Waals surface area contributed by atoms with Gasteiger partial charge >= 0.3 is 0 Å². The lowest BCUT2D eigenvalue weighted by Crippen LogP contribution is -2.17. The van der Waals surface area contributed by atoms with Crippen LogP contribution in [-0.2, 0) is 6.42 Å². The molecule has 4 heteroatoms. The van der Waals surface area contributed by atoms with Crippen LogP contribution in [0.15, 0.2) is 21.1 Å². The van der Waals surface area contributed by atoms with Crippen LogP contribution in [0.25, 0.3) is 11.0 Å². The molecular formula is C11H13BrN2O. The normalized spacial score (nSPS) is 13.3. The highest BCUT2D eigenvalue weighted by atomic mass is 79.9. The first-order chi connectivity index (χ1) is 7.08. The Morgan fingerprint density at radius 2 is 2.27 bits per heavy atom. The topological polar surface area (TPSA) is 52.0 Å². The highest BCUT2D eigenvalue weighted by Crippen LogP contribution is 2.28. The molecule has 2 aromatic rings. The Bertz CT molecular complexity index is 491. The second-order valence-electron chi connectivity index (χ2n) is 3.90. The van der Waals surface area contributed by atoms with E-state index in [0.717, 1.165) is 27.6 Å². The zero-order valence-corrected chi connectivity index (χ0v) is 10.3. The summed E-state index contributed by atoms with van der Waals surface area (Å²) in [7, 11) is 0. The van der Waals surface area contributed by atoms with E-state index in [2.05, 4.69) is 27.2 Å². The van der Waals surface area contributed by atoms with Crippen LogP contribution in [0.2, 0.25) is 0 Å². The summed E-state index contributed by atoms with van der Waals surface area (Å²) in [6, 6.07) is 4.29. The standard InChI is InChI=1S/C11H13BrN2O/c1-6(13)3-8-4-9-7(2)14-15-11(9)10(12)5-8/h4-6H,3,13H2,1-2H3. The van der Waals surface area contributed by atoms with Crippen molar-refractivity contribution in [2.24, 2.45) is 5.73 Å². The molecule has 1 atom stereocenters. The zero-order valence-electron chi connectivity index (χ0n) is 8.75.